The fourth-order valence-corrected chi connectivity index (χ4v) is 3.34. The van der Waals surface area contributed by atoms with E-state index in [-0.39, 0.29) is 36.7 Å². The van der Waals surface area contributed by atoms with Crippen molar-refractivity contribution < 1.29 is 18.0 Å². The number of carbonyl (C=O) groups excluding carboxylic acids is 1. The summed E-state index contributed by atoms with van der Waals surface area (Å²) in [6, 6.07) is 12.8. The number of amides is 1. The van der Waals surface area contributed by atoms with Gasteiger partial charge in [-0.2, -0.15) is 0 Å². The zero-order chi connectivity index (χ0) is 23.3. The Hall–Kier alpha value is -3.13. The van der Waals surface area contributed by atoms with Gasteiger partial charge in [0.1, 0.15) is 23.6 Å². The Bertz CT molecular complexity index is 1070. The number of nitrogens with two attached hydrogens (primary N) is 1. The van der Waals surface area contributed by atoms with E-state index in [0.717, 1.165) is 23.8 Å². The summed E-state index contributed by atoms with van der Waals surface area (Å²) < 4.78 is 43.4. The molecule has 3 aromatic rings. The molecule has 8 heteroatoms. The summed E-state index contributed by atoms with van der Waals surface area (Å²) in [5.74, 6) is -0.972. The van der Waals surface area contributed by atoms with Crippen molar-refractivity contribution in [1.29, 1.82) is 0 Å². The van der Waals surface area contributed by atoms with Crippen molar-refractivity contribution >= 4 is 5.91 Å². The monoisotopic (exact) mass is 444 g/mol. The van der Waals surface area contributed by atoms with E-state index in [1.807, 2.05) is 34.9 Å². The van der Waals surface area contributed by atoms with Crippen LogP contribution in [-0.4, -0.2) is 34.7 Å². The molecular weight excluding hydrogens is 417 g/mol. The summed E-state index contributed by atoms with van der Waals surface area (Å²) in [7, 11) is 0. The molecule has 0 aliphatic carbocycles. The minimum Gasteiger partial charge on any atom is -0.353 e. The van der Waals surface area contributed by atoms with Crippen LogP contribution in [0.4, 0.5) is 13.2 Å². The summed E-state index contributed by atoms with van der Waals surface area (Å²) in [4.78, 5) is 17.2. The summed E-state index contributed by atoms with van der Waals surface area (Å²) in [6.45, 7) is 3.54. The second-order valence-corrected chi connectivity index (χ2v) is 8.38. The van der Waals surface area contributed by atoms with E-state index in [1.54, 1.807) is 20.0 Å². The first-order valence-corrected chi connectivity index (χ1v) is 10.4. The number of hydrogen-bond donors (Lipinski definition) is 2. The van der Waals surface area contributed by atoms with Crippen molar-refractivity contribution in [2.45, 2.75) is 33.0 Å². The average Bonchev–Trinajstić information content (AvgIpc) is 3.15. The van der Waals surface area contributed by atoms with Crippen molar-refractivity contribution in [3.05, 3.63) is 77.8 Å². The van der Waals surface area contributed by atoms with Gasteiger partial charge in [-0.05, 0) is 23.8 Å². The van der Waals surface area contributed by atoms with Crippen molar-refractivity contribution in [3.8, 4) is 11.3 Å². The molecule has 0 bridgehead atoms. The SMILES string of the molecule is CC(C)(Cc1nc(-c2cc(F)ccc2F)cn1Cc1ccccc1)C(=O)NC[C@H](F)CN. The number of alkyl halides is 1. The van der Waals surface area contributed by atoms with E-state index in [0.29, 0.717) is 12.4 Å². The third-order valence-electron chi connectivity index (χ3n) is 5.21. The maximum atomic E-state index is 14.4. The van der Waals surface area contributed by atoms with Gasteiger partial charge in [0.15, 0.2) is 0 Å². The topological polar surface area (TPSA) is 72.9 Å². The first-order valence-electron chi connectivity index (χ1n) is 10.4. The fourth-order valence-electron chi connectivity index (χ4n) is 3.34. The highest BCUT2D eigenvalue weighted by molar-refractivity contribution is 5.82. The molecule has 1 aromatic heterocycles. The Morgan fingerprint density at radius 1 is 1.19 bits per heavy atom. The number of imidazole rings is 1. The molecule has 1 atom stereocenters. The predicted molar refractivity (Wildman–Crippen MR) is 118 cm³/mol. The first-order chi connectivity index (χ1) is 15.2. The third kappa shape index (κ3) is 5.76. The summed E-state index contributed by atoms with van der Waals surface area (Å²) in [5, 5.41) is 2.58. The van der Waals surface area contributed by atoms with E-state index in [9.17, 15) is 18.0 Å². The Kier molecular flexibility index (Phi) is 7.35. The maximum absolute atomic E-state index is 14.4. The zero-order valence-corrected chi connectivity index (χ0v) is 18.1. The Morgan fingerprint density at radius 3 is 2.59 bits per heavy atom. The Balaban J connectivity index is 1.93. The lowest BCUT2D eigenvalue weighted by Crippen LogP contribution is -2.42. The van der Waals surface area contributed by atoms with Gasteiger partial charge in [-0.15, -0.1) is 0 Å². The molecule has 3 rings (SSSR count). The maximum Gasteiger partial charge on any atom is 0.226 e. The van der Waals surface area contributed by atoms with Gasteiger partial charge in [-0.1, -0.05) is 44.2 Å². The molecule has 0 aliphatic heterocycles. The standard InChI is InChI=1S/C24H27F3N4O/c1-24(2,23(32)29-13-18(26)12-28)11-22-30-21(19-10-17(25)8-9-20(19)27)15-31(22)14-16-6-4-3-5-7-16/h3-10,15,18H,11-14,28H2,1-2H3,(H,29,32)/t18-/m1/s1. The minimum atomic E-state index is -1.32. The molecule has 2 aromatic carbocycles. The van der Waals surface area contributed by atoms with Gasteiger partial charge in [0.25, 0.3) is 0 Å². The highest BCUT2D eigenvalue weighted by atomic mass is 19.1. The number of aromatic nitrogens is 2. The summed E-state index contributed by atoms with van der Waals surface area (Å²) in [6.07, 6.45) is 0.542. The van der Waals surface area contributed by atoms with Crippen LogP contribution in [0.3, 0.4) is 0 Å². The van der Waals surface area contributed by atoms with E-state index < -0.39 is 23.2 Å². The molecule has 0 radical (unpaired) electrons. The van der Waals surface area contributed by atoms with Crippen LogP contribution in [0.15, 0.2) is 54.7 Å². The normalized spacial score (nSPS) is 12.6. The second kappa shape index (κ2) is 9.99. The highest BCUT2D eigenvalue weighted by Crippen LogP contribution is 2.28. The van der Waals surface area contributed by atoms with E-state index in [1.165, 1.54) is 0 Å². The van der Waals surface area contributed by atoms with Crippen LogP contribution in [-0.2, 0) is 17.8 Å². The predicted octanol–water partition coefficient (Wildman–Crippen LogP) is 3.86. The molecule has 1 amide bonds. The van der Waals surface area contributed by atoms with Crippen molar-refractivity contribution in [1.82, 2.24) is 14.9 Å². The van der Waals surface area contributed by atoms with Gasteiger partial charge in [0.05, 0.1) is 17.7 Å². The Labute approximate surface area is 185 Å². The van der Waals surface area contributed by atoms with Crippen LogP contribution in [0, 0.1) is 17.0 Å². The van der Waals surface area contributed by atoms with Gasteiger partial charge in [0.2, 0.25) is 5.91 Å². The van der Waals surface area contributed by atoms with E-state index >= 15 is 0 Å². The third-order valence-corrected chi connectivity index (χ3v) is 5.21. The van der Waals surface area contributed by atoms with Crippen molar-refractivity contribution in [2.75, 3.05) is 13.1 Å². The number of benzene rings is 2. The highest BCUT2D eigenvalue weighted by Gasteiger charge is 2.31. The van der Waals surface area contributed by atoms with Crippen LogP contribution >= 0.6 is 0 Å². The van der Waals surface area contributed by atoms with E-state index in [4.69, 9.17) is 5.73 Å². The molecule has 0 spiro atoms. The number of carbonyl (C=O) groups is 1. The lowest BCUT2D eigenvalue weighted by atomic mass is 9.87. The molecule has 170 valence electrons. The number of nitrogens with zero attached hydrogens (tertiary/aromatic N) is 2. The van der Waals surface area contributed by atoms with Crippen LogP contribution in [0.25, 0.3) is 11.3 Å². The molecule has 0 saturated heterocycles. The number of hydrogen-bond acceptors (Lipinski definition) is 3. The molecule has 3 N–H and O–H groups in total. The largest absolute Gasteiger partial charge is 0.353 e. The number of halogens is 3. The average molecular weight is 445 g/mol. The molecule has 0 fully saturated rings. The molecular formula is C24H27F3N4O. The molecule has 0 unspecified atom stereocenters. The van der Waals surface area contributed by atoms with Crippen molar-refractivity contribution in [2.24, 2.45) is 11.1 Å². The quantitative estimate of drug-likeness (QED) is 0.527. The second-order valence-electron chi connectivity index (χ2n) is 8.38. The van der Waals surface area contributed by atoms with Crippen LogP contribution in [0.5, 0.6) is 0 Å². The van der Waals surface area contributed by atoms with Gasteiger partial charge in [-0.25, -0.2) is 18.2 Å². The smallest absolute Gasteiger partial charge is 0.226 e. The van der Waals surface area contributed by atoms with Gasteiger partial charge >= 0.3 is 0 Å². The minimum absolute atomic E-state index is 0.0449. The molecule has 1 heterocycles. The Morgan fingerprint density at radius 2 is 1.91 bits per heavy atom. The van der Waals surface area contributed by atoms with Crippen LogP contribution in [0.2, 0.25) is 0 Å². The van der Waals surface area contributed by atoms with Gasteiger partial charge in [0, 0.05) is 31.3 Å². The first kappa shape index (κ1) is 23.5. The molecule has 5 nitrogen and oxygen atoms in total. The molecule has 32 heavy (non-hydrogen) atoms. The van der Waals surface area contributed by atoms with E-state index in [2.05, 4.69) is 10.3 Å². The lowest BCUT2D eigenvalue weighted by molar-refractivity contribution is -0.129. The van der Waals surface area contributed by atoms with Crippen LogP contribution < -0.4 is 11.1 Å². The summed E-state index contributed by atoms with van der Waals surface area (Å²) >= 11 is 0. The number of nitrogens with one attached hydrogen (secondary N) is 1. The summed E-state index contributed by atoms with van der Waals surface area (Å²) in [5.41, 5.74) is 5.65. The zero-order valence-electron chi connectivity index (χ0n) is 18.1. The molecule has 0 saturated carbocycles. The fraction of sp³-hybridized carbons (Fsp3) is 0.333. The lowest BCUT2D eigenvalue weighted by Gasteiger charge is -2.24. The van der Waals surface area contributed by atoms with Crippen LogP contribution in [0.1, 0.15) is 25.2 Å². The molecule has 0 aliphatic rings. The van der Waals surface area contributed by atoms with Gasteiger partial charge in [-0.3, -0.25) is 4.79 Å². The van der Waals surface area contributed by atoms with Gasteiger partial charge < -0.3 is 15.6 Å². The number of rotatable bonds is 9. The van der Waals surface area contributed by atoms with Crippen molar-refractivity contribution in [3.63, 3.8) is 0 Å².